The molecule has 0 aliphatic carbocycles. The molecular formula is C9H16BrF3O. The van der Waals surface area contributed by atoms with Crippen molar-refractivity contribution in [1.29, 1.82) is 0 Å². The second-order valence-corrected chi connectivity index (χ2v) is 4.63. The van der Waals surface area contributed by atoms with Crippen molar-refractivity contribution in [3.05, 3.63) is 0 Å². The van der Waals surface area contributed by atoms with Crippen molar-refractivity contribution in [3.63, 3.8) is 0 Å². The van der Waals surface area contributed by atoms with E-state index in [1.807, 2.05) is 0 Å². The molecule has 0 N–H and O–H groups in total. The molecule has 0 aliphatic heterocycles. The molecule has 0 saturated carbocycles. The van der Waals surface area contributed by atoms with Crippen LogP contribution in [0.25, 0.3) is 0 Å². The monoisotopic (exact) mass is 276 g/mol. The Morgan fingerprint density at radius 3 is 2.21 bits per heavy atom. The van der Waals surface area contributed by atoms with Crippen LogP contribution in [0.3, 0.4) is 0 Å². The summed E-state index contributed by atoms with van der Waals surface area (Å²) in [5.41, 5.74) is 0.127. The Morgan fingerprint density at radius 1 is 1.21 bits per heavy atom. The van der Waals surface area contributed by atoms with E-state index in [-0.39, 0.29) is 12.0 Å². The molecule has 0 heterocycles. The third-order valence-corrected chi connectivity index (χ3v) is 3.29. The van der Waals surface area contributed by atoms with Gasteiger partial charge in [0.25, 0.3) is 0 Å². The van der Waals surface area contributed by atoms with Crippen LogP contribution in [0.15, 0.2) is 0 Å². The largest absolute Gasteiger partial charge is 0.411 e. The van der Waals surface area contributed by atoms with Gasteiger partial charge in [0.1, 0.15) is 6.61 Å². The Kier molecular flexibility index (Phi) is 6.05. The predicted molar refractivity (Wildman–Crippen MR) is 53.7 cm³/mol. The van der Waals surface area contributed by atoms with Gasteiger partial charge in [0.05, 0.1) is 0 Å². The summed E-state index contributed by atoms with van der Waals surface area (Å²) in [5, 5.41) is 0.846. The van der Waals surface area contributed by atoms with Crippen molar-refractivity contribution < 1.29 is 17.9 Å². The maximum absolute atomic E-state index is 11.7. The maximum Gasteiger partial charge on any atom is 0.411 e. The lowest BCUT2D eigenvalue weighted by atomic mass is 9.91. The fraction of sp³-hybridized carbons (Fsp3) is 1.00. The molecule has 0 radical (unpaired) electrons. The summed E-state index contributed by atoms with van der Waals surface area (Å²) in [6.45, 7) is 3.16. The summed E-state index contributed by atoms with van der Waals surface area (Å²) in [6.07, 6.45) is -2.68. The van der Waals surface area contributed by atoms with Crippen LogP contribution < -0.4 is 0 Å². The van der Waals surface area contributed by atoms with Crippen LogP contribution in [0.1, 0.15) is 26.7 Å². The number of ether oxygens (including phenoxy) is 1. The minimum absolute atomic E-state index is 0.127. The Morgan fingerprint density at radius 2 is 1.79 bits per heavy atom. The van der Waals surface area contributed by atoms with Gasteiger partial charge >= 0.3 is 6.18 Å². The normalized spacial score (nSPS) is 13.3. The van der Waals surface area contributed by atoms with Gasteiger partial charge in [-0.25, -0.2) is 0 Å². The third kappa shape index (κ3) is 8.81. The first-order valence-corrected chi connectivity index (χ1v) is 5.59. The van der Waals surface area contributed by atoms with Crippen LogP contribution >= 0.6 is 15.9 Å². The van der Waals surface area contributed by atoms with Crippen molar-refractivity contribution >= 4 is 15.9 Å². The summed E-state index contributed by atoms with van der Waals surface area (Å²) < 4.78 is 39.4. The van der Waals surface area contributed by atoms with Gasteiger partial charge in [-0.05, 0) is 18.3 Å². The van der Waals surface area contributed by atoms with E-state index < -0.39 is 12.8 Å². The molecule has 0 amide bonds. The molecule has 0 fully saturated rings. The van der Waals surface area contributed by atoms with Crippen molar-refractivity contribution in [3.8, 4) is 0 Å². The van der Waals surface area contributed by atoms with Gasteiger partial charge in [-0.1, -0.05) is 29.8 Å². The van der Waals surface area contributed by atoms with Crippen LogP contribution in [0.4, 0.5) is 13.2 Å². The average Bonchev–Trinajstić information content (AvgIpc) is 2.01. The van der Waals surface area contributed by atoms with Crippen LogP contribution in [0.5, 0.6) is 0 Å². The number of rotatable bonds is 6. The lowest BCUT2D eigenvalue weighted by Crippen LogP contribution is -2.19. The van der Waals surface area contributed by atoms with E-state index in [2.05, 4.69) is 34.5 Å². The first kappa shape index (κ1) is 14.2. The van der Waals surface area contributed by atoms with Crippen molar-refractivity contribution in [2.75, 3.05) is 18.5 Å². The van der Waals surface area contributed by atoms with Gasteiger partial charge in [-0.2, -0.15) is 13.2 Å². The van der Waals surface area contributed by atoms with Crippen molar-refractivity contribution in [1.82, 2.24) is 0 Å². The molecule has 86 valence electrons. The molecule has 0 unspecified atom stereocenters. The highest BCUT2D eigenvalue weighted by atomic mass is 79.9. The fourth-order valence-corrected chi connectivity index (χ4v) is 1.19. The molecular weight excluding hydrogens is 261 g/mol. The molecule has 14 heavy (non-hydrogen) atoms. The molecule has 0 atom stereocenters. The van der Waals surface area contributed by atoms with Gasteiger partial charge in [-0.15, -0.1) is 0 Å². The summed E-state index contributed by atoms with van der Waals surface area (Å²) >= 11 is 3.35. The Balaban J connectivity index is 3.39. The van der Waals surface area contributed by atoms with E-state index >= 15 is 0 Å². The number of alkyl halides is 4. The lowest BCUT2D eigenvalue weighted by Gasteiger charge is -2.21. The highest BCUT2D eigenvalue weighted by molar-refractivity contribution is 9.09. The van der Waals surface area contributed by atoms with Gasteiger partial charge in [-0.3, -0.25) is 0 Å². The first-order chi connectivity index (χ1) is 6.27. The van der Waals surface area contributed by atoms with E-state index in [1.165, 1.54) is 0 Å². The van der Waals surface area contributed by atoms with E-state index in [9.17, 15) is 13.2 Å². The van der Waals surface area contributed by atoms with Gasteiger partial charge in [0.15, 0.2) is 0 Å². The highest BCUT2D eigenvalue weighted by Crippen LogP contribution is 2.24. The predicted octanol–water partition coefficient (Wildman–Crippen LogP) is 3.77. The van der Waals surface area contributed by atoms with Crippen LogP contribution in [0.2, 0.25) is 0 Å². The van der Waals surface area contributed by atoms with Crippen molar-refractivity contribution in [2.45, 2.75) is 32.9 Å². The topological polar surface area (TPSA) is 9.23 Å². The van der Waals surface area contributed by atoms with Crippen molar-refractivity contribution in [2.24, 2.45) is 5.41 Å². The minimum atomic E-state index is -4.20. The summed E-state index contributed by atoms with van der Waals surface area (Å²) in [6, 6.07) is 0. The average molecular weight is 277 g/mol. The molecule has 1 nitrogen and oxygen atoms in total. The smallest absolute Gasteiger partial charge is 0.372 e. The zero-order valence-electron chi connectivity index (χ0n) is 8.46. The molecule has 0 aromatic heterocycles. The van der Waals surface area contributed by atoms with Crippen LogP contribution in [-0.2, 0) is 4.74 Å². The summed E-state index contributed by atoms with van der Waals surface area (Å²) in [5.74, 6) is 0. The molecule has 0 saturated heterocycles. The standard InChI is InChI=1S/C9H16BrF3O/c1-8(2,6-10)4-3-5-14-7-9(11,12)13/h3-7H2,1-2H3. The minimum Gasteiger partial charge on any atom is -0.372 e. The van der Waals surface area contributed by atoms with Crippen LogP contribution in [0, 0.1) is 5.41 Å². The molecule has 0 aromatic rings. The Hall–Kier alpha value is 0.230. The maximum atomic E-state index is 11.7. The molecule has 5 heteroatoms. The zero-order chi connectivity index (χ0) is 11.2. The zero-order valence-corrected chi connectivity index (χ0v) is 10.0. The molecule has 0 aliphatic rings. The SMILES string of the molecule is CC(C)(CBr)CCCOCC(F)(F)F. The van der Waals surface area contributed by atoms with Crippen LogP contribution in [-0.4, -0.2) is 24.7 Å². The molecule has 0 rings (SSSR count). The first-order valence-electron chi connectivity index (χ1n) is 4.47. The molecule has 0 spiro atoms. The highest BCUT2D eigenvalue weighted by Gasteiger charge is 2.27. The Labute approximate surface area is 91.1 Å². The lowest BCUT2D eigenvalue weighted by molar-refractivity contribution is -0.174. The van der Waals surface area contributed by atoms with E-state index in [1.54, 1.807) is 0 Å². The van der Waals surface area contributed by atoms with E-state index in [0.717, 1.165) is 11.8 Å². The van der Waals surface area contributed by atoms with E-state index in [0.29, 0.717) is 6.42 Å². The fourth-order valence-electron chi connectivity index (χ4n) is 0.907. The van der Waals surface area contributed by atoms with Gasteiger partial charge < -0.3 is 4.74 Å². The van der Waals surface area contributed by atoms with E-state index in [4.69, 9.17) is 0 Å². The number of halogens is 4. The Bertz CT molecular complexity index is 157. The summed E-state index contributed by atoms with van der Waals surface area (Å²) in [7, 11) is 0. The third-order valence-electron chi connectivity index (χ3n) is 1.77. The second-order valence-electron chi connectivity index (χ2n) is 4.07. The molecule has 0 aromatic carbocycles. The quantitative estimate of drug-likeness (QED) is 0.530. The van der Waals surface area contributed by atoms with Gasteiger partial charge in [0, 0.05) is 11.9 Å². The van der Waals surface area contributed by atoms with Gasteiger partial charge in [0.2, 0.25) is 0 Å². The molecule has 0 bridgehead atoms. The second kappa shape index (κ2) is 5.95. The summed E-state index contributed by atoms with van der Waals surface area (Å²) in [4.78, 5) is 0. The number of hydrogen-bond acceptors (Lipinski definition) is 1. The number of hydrogen-bond donors (Lipinski definition) is 0.